The van der Waals surface area contributed by atoms with E-state index in [0.29, 0.717) is 28.0 Å². The molecule has 0 unspecified atom stereocenters. The van der Waals surface area contributed by atoms with Crippen LogP contribution in [0.2, 0.25) is 4.34 Å². The number of carbonyl (C=O) groups is 1. The minimum absolute atomic E-state index is 0.0901. The Morgan fingerprint density at radius 1 is 1.14 bits per heavy atom. The fourth-order valence-corrected chi connectivity index (χ4v) is 7.75. The number of thiazole rings is 1. The van der Waals surface area contributed by atoms with Gasteiger partial charge in [0.15, 0.2) is 0 Å². The van der Waals surface area contributed by atoms with E-state index in [2.05, 4.69) is 4.98 Å². The predicted molar refractivity (Wildman–Crippen MR) is 114 cm³/mol. The van der Waals surface area contributed by atoms with Crippen molar-refractivity contribution in [2.45, 2.75) is 11.1 Å². The van der Waals surface area contributed by atoms with Crippen LogP contribution in [0.3, 0.4) is 0 Å². The number of thiophene rings is 2. The summed E-state index contributed by atoms with van der Waals surface area (Å²) >= 11 is 9.89. The predicted octanol–water partition coefficient (Wildman–Crippen LogP) is 4.04. The largest absolute Gasteiger partial charge is 0.335 e. The quantitative estimate of drug-likeness (QED) is 0.573. The Morgan fingerprint density at radius 3 is 2.50 bits per heavy atom. The highest BCUT2D eigenvalue weighted by Crippen LogP contribution is 2.31. The number of rotatable bonds is 4. The van der Waals surface area contributed by atoms with E-state index >= 15 is 0 Å². The van der Waals surface area contributed by atoms with E-state index in [1.807, 2.05) is 23.8 Å². The lowest BCUT2D eigenvalue weighted by Gasteiger charge is -2.33. The number of aromatic nitrogens is 1. The highest BCUT2D eigenvalue weighted by Gasteiger charge is 2.32. The Labute approximate surface area is 180 Å². The molecule has 4 rings (SSSR count). The van der Waals surface area contributed by atoms with Crippen LogP contribution in [0, 0.1) is 6.92 Å². The SMILES string of the molecule is Cc1nc(-c2ccsc2)sc1C(=O)N1CCN(S(=O)(=O)c2ccc(Cl)s2)CC1. The minimum Gasteiger partial charge on any atom is -0.335 e. The summed E-state index contributed by atoms with van der Waals surface area (Å²) < 4.78 is 27.5. The third-order valence-corrected chi connectivity index (χ3v) is 9.90. The van der Waals surface area contributed by atoms with E-state index in [4.69, 9.17) is 11.6 Å². The summed E-state index contributed by atoms with van der Waals surface area (Å²) in [6.07, 6.45) is 0. The molecule has 28 heavy (non-hydrogen) atoms. The van der Waals surface area contributed by atoms with E-state index in [0.717, 1.165) is 21.9 Å². The molecular formula is C17H16ClN3O3S4. The molecule has 4 heterocycles. The second-order valence-corrected chi connectivity index (χ2v) is 11.9. The molecule has 0 bridgehead atoms. The van der Waals surface area contributed by atoms with Crippen LogP contribution in [0.15, 0.2) is 33.2 Å². The molecule has 1 aliphatic heterocycles. The first-order valence-electron chi connectivity index (χ1n) is 8.41. The minimum atomic E-state index is -3.57. The summed E-state index contributed by atoms with van der Waals surface area (Å²) in [5, 5.41) is 4.82. The van der Waals surface area contributed by atoms with Crippen molar-refractivity contribution in [2.24, 2.45) is 0 Å². The Kier molecular flexibility index (Phi) is 5.60. The third kappa shape index (κ3) is 3.77. The maximum absolute atomic E-state index is 12.9. The summed E-state index contributed by atoms with van der Waals surface area (Å²) in [7, 11) is -3.57. The zero-order valence-electron chi connectivity index (χ0n) is 14.8. The summed E-state index contributed by atoms with van der Waals surface area (Å²) in [6.45, 7) is 3.06. The number of hydrogen-bond acceptors (Lipinski definition) is 7. The van der Waals surface area contributed by atoms with Gasteiger partial charge >= 0.3 is 0 Å². The standard InChI is InChI=1S/C17H16ClN3O3S4/c1-11-15(27-16(19-11)12-4-9-25-10-12)17(22)20-5-7-21(8-6-20)28(23,24)14-3-2-13(18)26-14/h2-4,9-10H,5-8H2,1H3. The van der Waals surface area contributed by atoms with Gasteiger partial charge in [-0.3, -0.25) is 4.79 Å². The molecule has 6 nitrogen and oxygen atoms in total. The van der Waals surface area contributed by atoms with Gasteiger partial charge in [0, 0.05) is 37.1 Å². The van der Waals surface area contributed by atoms with Crippen LogP contribution in [-0.4, -0.2) is 54.7 Å². The van der Waals surface area contributed by atoms with Crippen LogP contribution in [0.5, 0.6) is 0 Å². The molecule has 1 fully saturated rings. The number of aryl methyl sites for hydroxylation is 1. The van der Waals surface area contributed by atoms with Crippen LogP contribution >= 0.6 is 45.6 Å². The number of piperazine rings is 1. The number of halogens is 1. The smallest absolute Gasteiger partial charge is 0.265 e. The number of sulfonamides is 1. The van der Waals surface area contributed by atoms with Gasteiger partial charge < -0.3 is 4.90 Å². The molecule has 1 aliphatic rings. The van der Waals surface area contributed by atoms with Crippen LogP contribution in [-0.2, 0) is 10.0 Å². The van der Waals surface area contributed by atoms with Crippen LogP contribution in [0.25, 0.3) is 10.6 Å². The second-order valence-electron chi connectivity index (χ2n) is 6.20. The molecule has 0 aromatic carbocycles. The third-order valence-electron chi connectivity index (χ3n) is 4.43. The average Bonchev–Trinajstić information content (AvgIpc) is 3.42. The number of nitrogens with zero attached hydrogens (tertiary/aromatic N) is 3. The van der Waals surface area contributed by atoms with E-state index in [9.17, 15) is 13.2 Å². The topological polar surface area (TPSA) is 70.6 Å². The molecule has 0 N–H and O–H groups in total. The molecule has 11 heteroatoms. The number of amides is 1. The molecule has 3 aromatic rings. The van der Waals surface area contributed by atoms with Crippen molar-refractivity contribution in [1.29, 1.82) is 0 Å². The Hall–Kier alpha value is -1.30. The van der Waals surface area contributed by atoms with Gasteiger partial charge in [-0.05, 0) is 30.5 Å². The summed E-state index contributed by atoms with van der Waals surface area (Å²) in [5.74, 6) is -0.0901. The number of hydrogen-bond donors (Lipinski definition) is 0. The first-order chi connectivity index (χ1) is 13.4. The average molecular weight is 474 g/mol. The highest BCUT2D eigenvalue weighted by molar-refractivity contribution is 7.91. The first kappa shape index (κ1) is 20.0. The zero-order valence-corrected chi connectivity index (χ0v) is 18.8. The molecule has 0 spiro atoms. The molecule has 0 radical (unpaired) electrons. The van der Waals surface area contributed by atoms with Gasteiger partial charge in [-0.2, -0.15) is 15.6 Å². The van der Waals surface area contributed by atoms with Crippen molar-refractivity contribution in [2.75, 3.05) is 26.2 Å². The van der Waals surface area contributed by atoms with E-state index < -0.39 is 10.0 Å². The van der Waals surface area contributed by atoms with Gasteiger partial charge in [-0.15, -0.1) is 22.7 Å². The maximum Gasteiger partial charge on any atom is 0.265 e. The van der Waals surface area contributed by atoms with Crippen molar-refractivity contribution >= 4 is 61.5 Å². The van der Waals surface area contributed by atoms with Crippen molar-refractivity contribution in [3.05, 3.63) is 43.9 Å². The van der Waals surface area contributed by atoms with Crippen molar-refractivity contribution in [3.63, 3.8) is 0 Å². The van der Waals surface area contributed by atoms with Crippen molar-refractivity contribution < 1.29 is 13.2 Å². The molecule has 1 amide bonds. The van der Waals surface area contributed by atoms with Crippen LogP contribution in [0.1, 0.15) is 15.4 Å². The highest BCUT2D eigenvalue weighted by atomic mass is 35.5. The fourth-order valence-electron chi connectivity index (χ4n) is 2.94. The van der Waals surface area contributed by atoms with Gasteiger partial charge in [-0.1, -0.05) is 11.6 Å². The normalized spacial score (nSPS) is 15.9. The van der Waals surface area contributed by atoms with Crippen LogP contribution in [0.4, 0.5) is 0 Å². The fraction of sp³-hybridized carbons (Fsp3) is 0.294. The summed E-state index contributed by atoms with van der Waals surface area (Å²) in [4.78, 5) is 19.8. The molecular weight excluding hydrogens is 458 g/mol. The zero-order chi connectivity index (χ0) is 19.9. The molecule has 148 valence electrons. The Bertz CT molecular complexity index is 1100. The van der Waals surface area contributed by atoms with Crippen molar-refractivity contribution in [1.82, 2.24) is 14.2 Å². The lowest BCUT2D eigenvalue weighted by atomic mass is 10.3. The lowest BCUT2D eigenvalue weighted by Crippen LogP contribution is -2.50. The summed E-state index contributed by atoms with van der Waals surface area (Å²) in [6, 6.07) is 5.08. The molecule has 3 aromatic heterocycles. The second kappa shape index (κ2) is 7.85. The van der Waals surface area contributed by atoms with E-state index in [1.54, 1.807) is 22.3 Å². The molecule has 1 saturated heterocycles. The van der Waals surface area contributed by atoms with Gasteiger partial charge in [0.05, 0.1) is 10.0 Å². The lowest BCUT2D eigenvalue weighted by molar-refractivity contribution is 0.0702. The maximum atomic E-state index is 12.9. The van der Waals surface area contributed by atoms with E-state index in [-0.39, 0.29) is 23.2 Å². The monoisotopic (exact) mass is 473 g/mol. The Morgan fingerprint density at radius 2 is 1.89 bits per heavy atom. The van der Waals surface area contributed by atoms with Gasteiger partial charge in [0.1, 0.15) is 14.1 Å². The first-order valence-corrected chi connectivity index (χ1v) is 12.8. The summed E-state index contributed by atoms with van der Waals surface area (Å²) in [5.41, 5.74) is 1.72. The van der Waals surface area contributed by atoms with Gasteiger partial charge in [0.25, 0.3) is 15.9 Å². The molecule has 0 atom stereocenters. The van der Waals surface area contributed by atoms with Gasteiger partial charge in [0.2, 0.25) is 0 Å². The Balaban J connectivity index is 1.46. The van der Waals surface area contributed by atoms with Crippen LogP contribution < -0.4 is 0 Å². The molecule has 0 aliphatic carbocycles. The number of carbonyl (C=O) groups excluding carboxylic acids is 1. The van der Waals surface area contributed by atoms with E-state index in [1.165, 1.54) is 21.7 Å². The molecule has 0 saturated carbocycles. The van der Waals surface area contributed by atoms with Gasteiger partial charge in [-0.25, -0.2) is 13.4 Å². The van der Waals surface area contributed by atoms with Crippen molar-refractivity contribution in [3.8, 4) is 10.6 Å².